The van der Waals surface area contributed by atoms with Crippen molar-refractivity contribution in [3.05, 3.63) is 82.2 Å². The molecule has 3 aromatic rings. The minimum Gasteiger partial charge on any atom is -0.331 e. The fourth-order valence-corrected chi connectivity index (χ4v) is 5.57. The molecule has 0 aliphatic heterocycles. The van der Waals surface area contributed by atoms with E-state index in [0.717, 1.165) is 30.3 Å². The van der Waals surface area contributed by atoms with E-state index in [2.05, 4.69) is 6.07 Å². The molecule has 1 saturated carbocycles. The molecule has 43 heavy (non-hydrogen) atoms. The van der Waals surface area contributed by atoms with Gasteiger partial charge in [0.25, 0.3) is 0 Å². The number of carbonyl (C=O) groups excluding carboxylic acids is 1. The van der Waals surface area contributed by atoms with E-state index < -0.39 is 45.8 Å². The Hall–Kier alpha value is -3.72. The maximum Gasteiger partial charge on any atom is 0.419 e. The summed E-state index contributed by atoms with van der Waals surface area (Å²) in [4.78, 5) is 19.8. The summed E-state index contributed by atoms with van der Waals surface area (Å²) in [5.41, 5.74) is 1.34. The zero-order valence-electron chi connectivity index (χ0n) is 24.9. The van der Waals surface area contributed by atoms with E-state index in [-0.39, 0.29) is 29.5 Å². The highest BCUT2D eigenvalue weighted by Crippen LogP contribution is 2.42. The fraction of sp³-hybridized carbons (Fsp3) is 0.452. The van der Waals surface area contributed by atoms with Crippen LogP contribution < -0.4 is 0 Å². The van der Waals surface area contributed by atoms with Crippen LogP contribution >= 0.6 is 0 Å². The standard InChI is InChI=1S/C29H30F4N4O3S.C2H6/c1-4-41(39,40)14-13-36(26(38)16-21-7-12-25(30)24(15-21)29(31,32)33)19(3)28-35-27(22-8-9-22)18(2)37(28)23-10-5-20(17-34)6-11-23;1-2/h5-7,10-12,15,19,22H,4,8-9,13-14,16H2,1-3H3;1-2H3. The Morgan fingerprint density at radius 1 is 1.16 bits per heavy atom. The SMILES string of the molecule is CC.CCS(=O)(=O)CCN(C(=O)Cc1ccc(F)c(C(F)(F)F)c1)C(C)c1nc(C2CC2)c(C)n1-c1ccc(C#N)cc1. The van der Waals surface area contributed by atoms with Crippen molar-refractivity contribution in [3.63, 3.8) is 0 Å². The van der Waals surface area contributed by atoms with Crippen molar-refractivity contribution in [2.45, 2.75) is 72.0 Å². The Balaban J connectivity index is 0.00000248. The molecule has 0 saturated heterocycles. The van der Waals surface area contributed by atoms with Gasteiger partial charge >= 0.3 is 6.18 Å². The summed E-state index contributed by atoms with van der Waals surface area (Å²) < 4.78 is 80.4. The Morgan fingerprint density at radius 3 is 2.33 bits per heavy atom. The minimum absolute atomic E-state index is 0.0513. The molecule has 1 aliphatic rings. The average molecular weight is 621 g/mol. The molecule has 1 heterocycles. The summed E-state index contributed by atoms with van der Waals surface area (Å²) in [7, 11) is -3.49. The Labute approximate surface area is 250 Å². The predicted molar refractivity (Wildman–Crippen MR) is 156 cm³/mol. The smallest absolute Gasteiger partial charge is 0.331 e. The molecule has 0 N–H and O–H groups in total. The molecule has 12 heteroatoms. The molecule has 1 amide bonds. The average Bonchev–Trinajstić information content (AvgIpc) is 3.76. The number of benzene rings is 2. The lowest BCUT2D eigenvalue weighted by Crippen LogP contribution is -2.39. The zero-order valence-corrected chi connectivity index (χ0v) is 25.7. The van der Waals surface area contributed by atoms with Gasteiger partial charge in [-0.3, -0.25) is 9.36 Å². The summed E-state index contributed by atoms with van der Waals surface area (Å²) in [5, 5.41) is 9.21. The van der Waals surface area contributed by atoms with Crippen LogP contribution in [0.3, 0.4) is 0 Å². The molecule has 7 nitrogen and oxygen atoms in total. The lowest BCUT2D eigenvalue weighted by atomic mass is 10.1. The molecule has 1 aromatic heterocycles. The van der Waals surface area contributed by atoms with Crippen LogP contribution in [0.5, 0.6) is 0 Å². The molecular formula is C31H36F4N4O3S. The van der Waals surface area contributed by atoms with Crippen molar-refractivity contribution in [2.75, 3.05) is 18.1 Å². The van der Waals surface area contributed by atoms with Crippen molar-refractivity contribution in [2.24, 2.45) is 0 Å². The molecule has 232 valence electrons. The number of carbonyl (C=O) groups is 1. The molecule has 0 spiro atoms. The number of rotatable bonds is 10. The van der Waals surface area contributed by atoms with Gasteiger partial charge in [-0.05, 0) is 68.7 Å². The first-order valence-electron chi connectivity index (χ1n) is 14.2. The maximum atomic E-state index is 13.9. The molecule has 1 atom stereocenters. The second-order valence-electron chi connectivity index (χ2n) is 10.2. The zero-order chi connectivity index (χ0) is 32.1. The van der Waals surface area contributed by atoms with Crippen LogP contribution in [-0.2, 0) is 27.2 Å². The van der Waals surface area contributed by atoms with E-state index in [4.69, 9.17) is 4.98 Å². The first kappa shape index (κ1) is 33.8. The number of nitrogens with zero attached hydrogens (tertiary/aromatic N) is 4. The number of hydrogen-bond donors (Lipinski definition) is 0. The number of halogens is 4. The van der Waals surface area contributed by atoms with E-state index >= 15 is 0 Å². The van der Waals surface area contributed by atoms with Crippen LogP contribution in [0.2, 0.25) is 0 Å². The monoisotopic (exact) mass is 620 g/mol. The first-order chi connectivity index (χ1) is 20.3. The number of amides is 1. The van der Waals surface area contributed by atoms with Gasteiger partial charge in [-0.15, -0.1) is 0 Å². The summed E-state index contributed by atoms with van der Waals surface area (Å²) in [5.74, 6) is -1.83. The minimum atomic E-state index is -4.94. The topological polar surface area (TPSA) is 96.1 Å². The van der Waals surface area contributed by atoms with Crippen molar-refractivity contribution >= 4 is 15.7 Å². The Bertz CT molecular complexity index is 1590. The quantitative estimate of drug-likeness (QED) is 0.236. The number of nitriles is 1. The van der Waals surface area contributed by atoms with Gasteiger partial charge in [-0.1, -0.05) is 26.8 Å². The number of alkyl halides is 3. The Morgan fingerprint density at radius 2 is 1.79 bits per heavy atom. The van der Waals surface area contributed by atoms with E-state index in [1.807, 2.05) is 25.3 Å². The summed E-state index contributed by atoms with van der Waals surface area (Å²) in [6.07, 6.45) is -3.51. The lowest BCUT2D eigenvalue weighted by molar-refractivity contribution is -0.140. The molecule has 1 unspecified atom stereocenters. The third-order valence-corrected chi connectivity index (χ3v) is 9.01. The second-order valence-corrected chi connectivity index (χ2v) is 12.7. The third-order valence-electron chi connectivity index (χ3n) is 7.32. The molecule has 0 radical (unpaired) electrons. The van der Waals surface area contributed by atoms with Crippen LogP contribution in [0.15, 0.2) is 42.5 Å². The first-order valence-corrected chi connectivity index (χ1v) is 16.0. The highest BCUT2D eigenvalue weighted by atomic mass is 32.2. The number of aromatic nitrogens is 2. The van der Waals surface area contributed by atoms with Gasteiger partial charge in [0.1, 0.15) is 11.6 Å². The number of imidazole rings is 1. The molecular weight excluding hydrogens is 584 g/mol. The van der Waals surface area contributed by atoms with Crippen molar-refractivity contribution in [1.29, 1.82) is 5.26 Å². The van der Waals surface area contributed by atoms with Gasteiger partial charge in [0.2, 0.25) is 5.91 Å². The van der Waals surface area contributed by atoms with Crippen LogP contribution in [0, 0.1) is 24.1 Å². The number of hydrogen-bond acceptors (Lipinski definition) is 5. The van der Waals surface area contributed by atoms with E-state index in [1.165, 1.54) is 11.8 Å². The Kier molecular flexibility index (Phi) is 10.8. The largest absolute Gasteiger partial charge is 0.419 e. The normalized spacial score (nSPS) is 14.0. The second kappa shape index (κ2) is 13.7. The summed E-state index contributed by atoms with van der Waals surface area (Å²) >= 11 is 0. The molecule has 1 aliphatic carbocycles. The van der Waals surface area contributed by atoms with Crippen LogP contribution in [-0.4, -0.2) is 46.8 Å². The van der Waals surface area contributed by atoms with Crippen LogP contribution in [0.4, 0.5) is 17.6 Å². The van der Waals surface area contributed by atoms with Gasteiger partial charge in [0.15, 0.2) is 9.84 Å². The fourth-order valence-electron chi connectivity index (χ4n) is 4.81. The van der Waals surface area contributed by atoms with Gasteiger partial charge < -0.3 is 4.90 Å². The van der Waals surface area contributed by atoms with Gasteiger partial charge in [0, 0.05) is 29.6 Å². The van der Waals surface area contributed by atoms with Gasteiger partial charge in [-0.25, -0.2) is 17.8 Å². The molecule has 2 aromatic carbocycles. The highest BCUT2D eigenvalue weighted by molar-refractivity contribution is 7.91. The van der Waals surface area contributed by atoms with Crippen molar-refractivity contribution < 1.29 is 30.8 Å². The molecule has 4 rings (SSSR count). The van der Waals surface area contributed by atoms with Crippen LogP contribution in [0.25, 0.3) is 5.69 Å². The van der Waals surface area contributed by atoms with Gasteiger partial charge in [0.05, 0.1) is 41.1 Å². The highest BCUT2D eigenvalue weighted by Gasteiger charge is 2.36. The number of sulfone groups is 1. The summed E-state index contributed by atoms with van der Waals surface area (Å²) in [6, 6.07) is 10.5. The predicted octanol–water partition coefficient (Wildman–Crippen LogP) is 6.68. The molecule has 0 bridgehead atoms. The third kappa shape index (κ3) is 8.02. The maximum absolute atomic E-state index is 13.9. The summed E-state index contributed by atoms with van der Waals surface area (Å²) in [6.45, 7) is 8.88. The van der Waals surface area contributed by atoms with E-state index in [0.29, 0.717) is 29.2 Å². The van der Waals surface area contributed by atoms with Crippen LogP contribution in [0.1, 0.15) is 86.4 Å². The lowest BCUT2D eigenvalue weighted by Gasteiger charge is -2.30. The van der Waals surface area contributed by atoms with E-state index in [1.54, 1.807) is 31.2 Å². The van der Waals surface area contributed by atoms with Crippen molar-refractivity contribution in [1.82, 2.24) is 14.5 Å². The van der Waals surface area contributed by atoms with Crippen molar-refractivity contribution in [3.8, 4) is 11.8 Å². The van der Waals surface area contributed by atoms with E-state index in [9.17, 15) is 36.0 Å². The molecule has 1 fully saturated rings. The van der Waals surface area contributed by atoms with Gasteiger partial charge in [-0.2, -0.15) is 18.4 Å².